The molecule has 0 aliphatic heterocycles. The minimum atomic E-state index is 0.485. The second-order valence-corrected chi connectivity index (χ2v) is 5.86. The first-order valence-electron chi connectivity index (χ1n) is 5.33. The Morgan fingerprint density at radius 2 is 2.25 bits per heavy atom. The molecule has 0 N–H and O–H groups in total. The maximum atomic E-state index is 5.86. The third-order valence-corrected chi connectivity index (χ3v) is 3.83. The fraction of sp³-hybridized carbons (Fsp3) is 0.500. The summed E-state index contributed by atoms with van der Waals surface area (Å²) in [5.41, 5.74) is 1.04. The van der Waals surface area contributed by atoms with Crippen molar-refractivity contribution in [3.05, 3.63) is 28.2 Å². The highest BCUT2D eigenvalue weighted by Gasteiger charge is 2.03. The SMILES string of the molecule is CCSCCCOc1ccc(Br)cc1CCl. The molecule has 0 bridgehead atoms. The zero-order chi connectivity index (χ0) is 11.8. The molecule has 16 heavy (non-hydrogen) atoms. The van der Waals surface area contributed by atoms with Gasteiger partial charge in [-0.1, -0.05) is 22.9 Å². The van der Waals surface area contributed by atoms with E-state index < -0.39 is 0 Å². The Morgan fingerprint density at radius 1 is 1.44 bits per heavy atom. The Morgan fingerprint density at radius 3 is 2.94 bits per heavy atom. The van der Waals surface area contributed by atoms with Gasteiger partial charge in [0.05, 0.1) is 12.5 Å². The van der Waals surface area contributed by atoms with E-state index >= 15 is 0 Å². The quantitative estimate of drug-likeness (QED) is 0.531. The monoisotopic (exact) mass is 322 g/mol. The van der Waals surface area contributed by atoms with Crippen molar-refractivity contribution in [3.8, 4) is 5.75 Å². The van der Waals surface area contributed by atoms with Gasteiger partial charge in [-0.25, -0.2) is 0 Å². The third-order valence-electron chi connectivity index (χ3n) is 2.06. The number of ether oxygens (including phenoxy) is 1. The van der Waals surface area contributed by atoms with Crippen LogP contribution in [0.4, 0.5) is 0 Å². The summed E-state index contributed by atoms with van der Waals surface area (Å²) in [4.78, 5) is 0. The van der Waals surface area contributed by atoms with Crippen LogP contribution in [0.5, 0.6) is 5.75 Å². The highest BCUT2D eigenvalue weighted by atomic mass is 79.9. The Balaban J connectivity index is 2.41. The van der Waals surface area contributed by atoms with Crippen molar-refractivity contribution in [3.63, 3.8) is 0 Å². The number of halogens is 2. The molecule has 0 spiro atoms. The van der Waals surface area contributed by atoms with Crippen LogP contribution in [0.25, 0.3) is 0 Å². The lowest BCUT2D eigenvalue weighted by molar-refractivity contribution is 0.316. The van der Waals surface area contributed by atoms with Gasteiger partial charge in [-0.05, 0) is 36.1 Å². The summed E-state index contributed by atoms with van der Waals surface area (Å²) in [7, 11) is 0. The molecule has 0 aliphatic carbocycles. The molecule has 0 saturated carbocycles. The zero-order valence-corrected chi connectivity index (χ0v) is 12.5. The van der Waals surface area contributed by atoms with Gasteiger partial charge in [-0.15, -0.1) is 11.6 Å². The Kier molecular flexibility index (Phi) is 7.33. The van der Waals surface area contributed by atoms with Crippen LogP contribution in [0.2, 0.25) is 0 Å². The van der Waals surface area contributed by atoms with Crippen LogP contribution in [0, 0.1) is 0 Å². The molecule has 0 fully saturated rings. The molecule has 1 aromatic carbocycles. The van der Waals surface area contributed by atoms with Crippen LogP contribution >= 0.6 is 39.3 Å². The lowest BCUT2D eigenvalue weighted by atomic mass is 10.2. The topological polar surface area (TPSA) is 9.23 Å². The summed E-state index contributed by atoms with van der Waals surface area (Å²) in [5, 5.41) is 0. The highest BCUT2D eigenvalue weighted by Crippen LogP contribution is 2.24. The molecule has 0 saturated heterocycles. The molecule has 1 nitrogen and oxygen atoms in total. The molecule has 0 unspecified atom stereocenters. The fourth-order valence-corrected chi connectivity index (χ4v) is 2.51. The van der Waals surface area contributed by atoms with E-state index in [0.717, 1.165) is 34.6 Å². The van der Waals surface area contributed by atoms with Crippen molar-refractivity contribution in [1.29, 1.82) is 0 Å². The summed E-state index contributed by atoms with van der Waals surface area (Å²) < 4.78 is 6.75. The van der Waals surface area contributed by atoms with Gasteiger partial charge in [-0.2, -0.15) is 11.8 Å². The van der Waals surface area contributed by atoms with Crippen molar-refractivity contribution in [1.82, 2.24) is 0 Å². The number of thioether (sulfide) groups is 1. The average Bonchev–Trinajstić information content (AvgIpc) is 2.30. The Labute approximate surface area is 115 Å². The van der Waals surface area contributed by atoms with E-state index in [-0.39, 0.29) is 0 Å². The minimum absolute atomic E-state index is 0.485. The predicted octanol–water partition coefficient (Wildman–Crippen LogP) is 4.71. The molecular weight excluding hydrogens is 308 g/mol. The second-order valence-electron chi connectivity index (χ2n) is 3.28. The molecule has 0 aliphatic rings. The molecular formula is C12H16BrClOS. The number of benzene rings is 1. The van der Waals surface area contributed by atoms with E-state index in [1.54, 1.807) is 0 Å². The van der Waals surface area contributed by atoms with E-state index in [2.05, 4.69) is 22.9 Å². The zero-order valence-electron chi connectivity index (χ0n) is 9.34. The van der Waals surface area contributed by atoms with E-state index in [1.807, 2.05) is 30.0 Å². The number of hydrogen-bond donors (Lipinski definition) is 0. The van der Waals surface area contributed by atoms with Crippen molar-refractivity contribution >= 4 is 39.3 Å². The van der Waals surface area contributed by atoms with E-state index in [1.165, 1.54) is 5.75 Å². The molecule has 0 amide bonds. The Bertz CT molecular complexity index is 320. The summed E-state index contributed by atoms with van der Waals surface area (Å²) in [5.74, 6) is 3.71. The van der Waals surface area contributed by atoms with Crippen LogP contribution in [0.15, 0.2) is 22.7 Å². The summed E-state index contributed by atoms with van der Waals surface area (Å²) in [6, 6.07) is 5.95. The van der Waals surface area contributed by atoms with Crippen molar-refractivity contribution in [2.75, 3.05) is 18.1 Å². The normalized spacial score (nSPS) is 10.4. The molecule has 90 valence electrons. The molecule has 1 aromatic rings. The number of hydrogen-bond acceptors (Lipinski definition) is 2. The van der Waals surface area contributed by atoms with Crippen LogP contribution < -0.4 is 4.74 Å². The van der Waals surface area contributed by atoms with E-state index in [0.29, 0.717) is 5.88 Å². The third kappa shape index (κ3) is 4.98. The van der Waals surface area contributed by atoms with Gasteiger partial charge in [-0.3, -0.25) is 0 Å². The summed E-state index contributed by atoms with van der Waals surface area (Å²) in [6.45, 7) is 2.93. The molecule has 4 heteroatoms. The van der Waals surface area contributed by atoms with Crippen LogP contribution in [0.1, 0.15) is 18.9 Å². The van der Waals surface area contributed by atoms with Gasteiger partial charge >= 0.3 is 0 Å². The molecule has 0 aromatic heterocycles. The number of rotatable bonds is 7. The van der Waals surface area contributed by atoms with Gasteiger partial charge in [0.15, 0.2) is 0 Å². The standard InChI is InChI=1S/C12H16BrClOS/c1-2-16-7-3-6-15-12-5-4-11(13)8-10(12)9-14/h4-5,8H,2-3,6-7,9H2,1H3. The smallest absolute Gasteiger partial charge is 0.123 e. The largest absolute Gasteiger partial charge is 0.493 e. The first kappa shape index (κ1) is 14.2. The van der Waals surface area contributed by atoms with E-state index in [4.69, 9.17) is 16.3 Å². The van der Waals surface area contributed by atoms with Crippen molar-refractivity contribution < 1.29 is 4.74 Å². The lowest BCUT2D eigenvalue weighted by Crippen LogP contribution is -2.01. The first-order chi connectivity index (χ1) is 7.77. The van der Waals surface area contributed by atoms with Gasteiger partial charge < -0.3 is 4.74 Å². The van der Waals surface area contributed by atoms with Gasteiger partial charge in [0, 0.05) is 10.0 Å². The second kappa shape index (κ2) is 8.26. The van der Waals surface area contributed by atoms with Gasteiger partial charge in [0.1, 0.15) is 5.75 Å². The fourth-order valence-electron chi connectivity index (χ4n) is 1.28. The summed E-state index contributed by atoms with van der Waals surface area (Å²) >= 11 is 11.2. The molecule has 0 atom stereocenters. The van der Waals surface area contributed by atoms with Crippen molar-refractivity contribution in [2.45, 2.75) is 19.2 Å². The maximum Gasteiger partial charge on any atom is 0.123 e. The molecule has 1 rings (SSSR count). The van der Waals surface area contributed by atoms with Gasteiger partial charge in [0.25, 0.3) is 0 Å². The van der Waals surface area contributed by atoms with Crippen LogP contribution in [0.3, 0.4) is 0 Å². The highest BCUT2D eigenvalue weighted by molar-refractivity contribution is 9.10. The van der Waals surface area contributed by atoms with Gasteiger partial charge in [0.2, 0.25) is 0 Å². The van der Waals surface area contributed by atoms with Crippen LogP contribution in [-0.4, -0.2) is 18.1 Å². The Hall–Kier alpha value is 0.140. The van der Waals surface area contributed by atoms with E-state index in [9.17, 15) is 0 Å². The minimum Gasteiger partial charge on any atom is -0.493 e. The predicted molar refractivity (Wildman–Crippen MR) is 76.8 cm³/mol. The molecule has 0 radical (unpaired) electrons. The number of alkyl halides is 1. The lowest BCUT2D eigenvalue weighted by Gasteiger charge is -2.10. The molecule has 0 heterocycles. The maximum absolute atomic E-state index is 5.86. The average molecular weight is 324 g/mol. The van der Waals surface area contributed by atoms with Crippen LogP contribution in [-0.2, 0) is 5.88 Å². The van der Waals surface area contributed by atoms with Crippen molar-refractivity contribution in [2.24, 2.45) is 0 Å². The first-order valence-corrected chi connectivity index (χ1v) is 7.81. The summed E-state index contributed by atoms with van der Waals surface area (Å²) in [6.07, 6.45) is 1.08.